The summed E-state index contributed by atoms with van der Waals surface area (Å²) in [6, 6.07) is 0. The maximum atomic E-state index is 11.3. The lowest BCUT2D eigenvalue weighted by molar-refractivity contribution is 0.515. The Labute approximate surface area is 87.4 Å². The van der Waals surface area contributed by atoms with Gasteiger partial charge in [0.05, 0.1) is 4.75 Å². The van der Waals surface area contributed by atoms with Crippen LogP contribution in [0.25, 0.3) is 0 Å². The molecule has 0 saturated heterocycles. The summed E-state index contributed by atoms with van der Waals surface area (Å²) in [6.45, 7) is 5.79. The van der Waals surface area contributed by atoms with E-state index in [4.69, 9.17) is 0 Å². The molecule has 0 atom stereocenters. The second-order valence-corrected chi connectivity index (χ2v) is 6.82. The van der Waals surface area contributed by atoms with Crippen LogP contribution in [0.3, 0.4) is 0 Å². The van der Waals surface area contributed by atoms with E-state index in [9.17, 15) is 8.42 Å². The minimum absolute atomic E-state index is 0.509. The Hall–Kier alpha value is -0.130. The topological polar surface area (TPSA) is 58.2 Å². The van der Waals surface area contributed by atoms with E-state index < -0.39 is 14.6 Å². The molecule has 0 radical (unpaired) electrons. The molecule has 0 aliphatic rings. The van der Waals surface area contributed by atoms with E-state index in [0.29, 0.717) is 6.54 Å². The molecular formula is C9H22N2O2S. The monoisotopic (exact) mass is 222 g/mol. The highest BCUT2D eigenvalue weighted by atomic mass is 32.2. The third kappa shape index (κ3) is 4.93. The molecule has 0 fully saturated rings. The molecule has 0 rings (SSSR count). The normalized spacial score (nSPS) is 13.1. The molecule has 0 aromatic carbocycles. The smallest absolute Gasteiger partial charge is 0.153 e. The molecule has 0 heterocycles. The van der Waals surface area contributed by atoms with Crippen molar-refractivity contribution in [2.24, 2.45) is 0 Å². The van der Waals surface area contributed by atoms with Gasteiger partial charge in [-0.15, -0.1) is 0 Å². The van der Waals surface area contributed by atoms with E-state index in [-0.39, 0.29) is 0 Å². The summed E-state index contributed by atoms with van der Waals surface area (Å²) in [5, 5.41) is 6.19. The van der Waals surface area contributed by atoms with Gasteiger partial charge >= 0.3 is 0 Å². The molecule has 2 N–H and O–H groups in total. The van der Waals surface area contributed by atoms with Gasteiger partial charge in [0.15, 0.2) is 9.84 Å². The summed E-state index contributed by atoms with van der Waals surface area (Å²) in [5.41, 5.74) is 0. The van der Waals surface area contributed by atoms with Crippen LogP contribution in [-0.2, 0) is 9.84 Å². The summed E-state index contributed by atoms with van der Waals surface area (Å²) in [7, 11) is -1.07. The van der Waals surface area contributed by atoms with Gasteiger partial charge in [0.1, 0.15) is 0 Å². The van der Waals surface area contributed by atoms with Crippen molar-refractivity contribution in [3.63, 3.8) is 0 Å². The van der Waals surface area contributed by atoms with Gasteiger partial charge in [-0.2, -0.15) is 0 Å². The molecule has 5 heteroatoms. The molecule has 0 bridgehead atoms. The van der Waals surface area contributed by atoms with E-state index in [1.54, 1.807) is 13.8 Å². The van der Waals surface area contributed by atoms with Crippen LogP contribution in [0.1, 0.15) is 20.3 Å². The van der Waals surface area contributed by atoms with Crippen molar-refractivity contribution in [3.05, 3.63) is 0 Å². The molecule has 14 heavy (non-hydrogen) atoms. The van der Waals surface area contributed by atoms with Gasteiger partial charge < -0.3 is 10.6 Å². The highest BCUT2D eigenvalue weighted by Gasteiger charge is 2.29. The summed E-state index contributed by atoms with van der Waals surface area (Å²) in [5.74, 6) is 0. The number of hydrogen-bond acceptors (Lipinski definition) is 4. The zero-order valence-corrected chi connectivity index (χ0v) is 10.4. The SMILES string of the molecule is CNCCCNCC(C)(C)S(C)(=O)=O. The molecule has 0 amide bonds. The molecular weight excluding hydrogens is 200 g/mol. The molecule has 0 aromatic heterocycles. The maximum Gasteiger partial charge on any atom is 0.153 e. The first-order chi connectivity index (χ1) is 6.31. The van der Waals surface area contributed by atoms with Crippen molar-refractivity contribution in [2.75, 3.05) is 32.9 Å². The lowest BCUT2D eigenvalue weighted by Crippen LogP contribution is -2.42. The second kappa shape index (κ2) is 5.68. The molecule has 0 aliphatic carbocycles. The van der Waals surface area contributed by atoms with Gasteiger partial charge in [-0.25, -0.2) is 8.42 Å². The van der Waals surface area contributed by atoms with Crippen molar-refractivity contribution in [3.8, 4) is 0 Å². The fraction of sp³-hybridized carbons (Fsp3) is 1.00. The molecule has 0 saturated carbocycles. The molecule has 0 aromatic rings. The first kappa shape index (κ1) is 13.9. The average molecular weight is 222 g/mol. The number of nitrogens with one attached hydrogen (secondary N) is 2. The minimum atomic E-state index is -2.97. The van der Waals surface area contributed by atoms with Gasteiger partial charge in [0.25, 0.3) is 0 Å². The Balaban J connectivity index is 3.79. The molecule has 0 unspecified atom stereocenters. The maximum absolute atomic E-state index is 11.3. The molecule has 4 nitrogen and oxygen atoms in total. The second-order valence-electron chi connectivity index (χ2n) is 4.17. The minimum Gasteiger partial charge on any atom is -0.320 e. The van der Waals surface area contributed by atoms with E-state index in [0.717, 1.165) is 19.5 Å². The standard InChI is InChI=1S/C9H22N2O2S/c1-9(2,14(4,12)13)8-11-7-5-6-10-3/h10-11H,5-8H2,1-4H3. The number of sulfone groups is 1. The summed E-state index contributed by atoms with van der Waals surface area (Å²) < 4.78 is 22.0. The Morgan fingerprint density at radius 2 is 1.79 bits per heavy atom. The van der Waals surface area contributed by atoms with Crippen LogP contribution in [0.5, 0.6) is 0 Å². The predicted molar refractivity (Wildman–Crippen MR) is 60.3 cm³/mol. The molecule has 0 spiro atoms. The van der Waals surface area contributed by atoms with Gasteiger partial charge in [0.2, 0.25) is 0 Å². The average Bonchev–Trinajstić information content (AvgIpc) is 2.02. The van der Waals surface area contributed by atoms with Crippen LogP contribution >= 0.6 is 0 Å². The summed E-state index contributed by atoms with van der Waals surface area (Å²) in [6.07, 6.45) is 2.29. The number of rotatable bonds is 7. The van der Waals surface area contributed by atoms with Crippen LogP contribution in [0.2, 0.25) is 0 Å². The van der Waals surface area contributed by atoms with Crippen molar-refractivity contribution in [1.29, 1.82) is 0 Å². The van der Waals surface area contributed by atoms with Crippen molar-refractivity contribution >= 4 is 9.84 Å². The molecule has 0 aliphatic heterocycles. The Bertz CT molecular complexity index is 248. The first-order valence-electron chi connectivity index (χ1n) is 4.86. The van der Waals surface area contributed by atoms with Gasteiger partial charge in [-0.05, 0) is 40.4 Å². The van der Waals surface area contributed by atoms with Gasteiger partial charge in [0, 0.05) is 12.8 Å². The first-order valence-corrected chi connectivity index (χ1v) is 6.75. The third-order valence-corrected chi connectivity index (χ3v) is 4.49. The zero-order valence-electron chi connectivity index (χ0n) is 9.55. The van der Waals surface area contributed by atoms with Crippen molar-refractivity contribution < 1.29 is 8.42 Å². The highest BCUT2D eigenvalue weighted by molar-refractivity contribution is 7.92. The van der Waals surface area contributed by atoms with Gasteiger partial charge in [-0.3, -0.25) is 0 Å². The van der Waals surface area contributed by atoms with Crippen LogP contribution < -0.4 is 10.6 Å². The van der Waals surface area contributed by atoms with Crippen molar-refractivity contribution in [2.45, 2.75) is 25.0 Å². The largest absolute Gasteiger partial charge is 0.320 e. The summed E-state index contributed by atoms with van der Waals surface area (Å²) >= 11 is 0. The third-order valence-electron chi connectivity index (χ3n) is 2.33. The predicted octanol–water partition coefficient (Wildman–Crippen LogP) is 0.00870. The zero-order chi connectivity index (χ0) is 11.2. The summed E-state index contributed by atoms with van der Waals surface area (Å²) in [4.78, 5) is 0. The Morgan fingerprint density at radius 3 is 2.21 bits per heavy atom. The van der Waals surface area contributed by atoms with Crippen LogP contribution in [0, 0.1) is 0 Å². The van der Waals surface area contributed by atoms with Crippen LogP contribution in [-0.4, -0.2) is 46.1 Å². The van der Waals surface area contributed by atoms with E-state index in [2.05, 4.69) is 10.6 Å². The lowest BCUT2D eigenvalue weighted by atomic mass is 10.2. The van der Waals surface area contributed by atoms with E-state index in [1.807, 2.05) is 7.05 Å². The quantitative estimate of drug-likeness (QED) is 0.596. The Kier molecular flexibility index (Phi) is 5.63. The van der Waals surface area contributed by atoms with E-state index >= 15 is 0 Å². The fourth-order valence-electron chi connectivity index (χ4n) is 0.911. The number of hydrogen-bond donors (Lipinski definition) is 2. The van der Waals surface area contributed by atoms with E-state index in [1.165, 1.54) is 6.26 Å². The van der Waals surface area contributed by atoms with Crippen molar-refractivity contribution in [1.82, 2.24) is 10.6 Å². The van der Waals surface area contributed by atoms with Crippen LogP contribution in [0.15, 0.2) is 0 Å². The lowest BCUT2D eigenvalue weighted by Gasteiger charge is -2.22. The fourth-order valence-corrected chi connectivity index (χ4v) is 1.27. The van der Waals surface area contributed by atoms with Gasteiger partial charge in [-0.1, -0.05) is 0 Å². The Morgan fingerprint density at radius 1 is 1.21 bits per heavy atom. The molecule has 86 valence electrons. The van der Waals surface area contributed by atoms with Crippen LogP contribution in [0.4, 0.5) is 0 Å². The highest BCUT2D eigenvalue weighted by Crippen LogP contribution is 2.12.